The monoisotopic (exact) mass is 644 g/mol. The Morgan fingerprint density at radius 2 is 0.940 bits per heavy atom. The van der Waals surface area contributed by atoms with E-state index in [1.165, 1.54) is 0 Å². The average Bonchev–Trinajstić information content (AvgIpc) is 3.80. The van der Waals surface area contributed by atoms with E-state index in [1.807, 2.05) is 121 Å². The zero-order valence-electron chi connectivity index (χ0n) is 26.4. The molecule has 10 aromatic rings. The molecular weight excluding hydrogens is 621 g/mol. The van der Waals surface area contributed by atoms with Crippen LogP contribution in [-0.2, 0) is 0 Å². The van der Waals surface area contributed by atoms with Crippen LogP contribution in [0.4, 0.5) is 0 Å². The van der Waals surface area contributed by atoms with Gasteiger partial charge in [-0.1, -0.05) is 91.0 Å². The van der Waals surface area contributed by atoms with Crippen molar-refractivity contribution in [1.29, 1.82) is 0 Å². The van der Waals surface area contributed by atoms with Crippen LogP contribution in [0, 0.1) is 0 Å². The Hall–Kier alpha value is -7.06. The van der Waals surface area contributed by atoms with Gasteiger partial charge in [0, 0.05) is 45.6 Å². The summed E-state index contributed by atoms with van der Waals surface area (Å²) in [6, 6.07) is 43.7. The number of rotatable bonds is 5. The minimum Gasteiger partial charge on any atom is -0.456 e. The van der Waals surface area contributed by atoms with Crippen LogP contribution in [0.15, 0.2) is 155 Å². The van der Waals surface area contributed by atoms with Crippen LogP contribution in [0.1, 0.15) is 0 Å². The molecule has 0 saturated heterocycles. The topological polar surface area (TPSA) is 104 Å². The van der Waals surface area contributed by atoms with E-state index in [4.69, 9.17) is 38.7 Å². The smallest absolute Gasteiger partial charge is 0.227 e. The summed E-state index contributed by atoms with van der Waals surface area (Å²) in [7, 11) is 0. The van der Waals surface area contributed by atoms with Gasteiger partial charge in [-0.25, -0.2) is 19.9 Å². The lowest BCUT2D eigenvalue weighted by molar-refractivity contribution is 0.619. The predicted molar refractivity (Wildman–Crippen MR) is 195 cm³/mol. The fraction of sp³-hybridized carbons (Fsp3) is 0. The number of hydrogen-bond acceptors (Lipinski definition) is 8. The van der Waals surface area contributed by atoms with Gasteiger partial charge in [-0.2, -0.15) is 0 Å². The molecule has 0 bridgehead atoms. The van der Waals surface area contributed by atoms with Crippen molar-refractivity contribution in [2.75, 3.05) is 0 Å². The molecule has 0 saturated carbocycles. The lowest BCUT2D eigenvalue weighted by Crippen LogP contribution is -2.01. The first kappa shape index (κ1) is 28.0. The first-order chi connectivity index (χ1) is 24.8. The zero-order chi connectivity index (χ0) is 33.0. The van der Waals surface area contributed by atoms with Gasteiger partial charge in [0.1, 0.15) is 22.2 Å². The number of nitrogens with zero attached hydrogens (tertiary/aromatic N) is 6. The third-order valence-corrected chi connectivity index (χ3v) is 8.91. The number of oxazole rings is 1. The molecule has 0 spiro atoms. The Kier molecular flexibility index (Phi) is 6.32. The summed E-state index contributed by atoms with van der Waals surface area (Å²) in [6.07, 6.45) is 3.58. The number of furan rings is 1. The van der Waals surface area contributed by atoms with Crippen LogP contribution in [0.25, 0.3) is 101 Å². The molecule has 0 N–H and O–H groups in total. The Labute approximate surface area is 284 Å². The normalized spacial score (nSPS) is 11.6. The van der Waals surface area contributed by atoms with Crippen molar-refractivity contribution in [2.45, 2.75) is 0 Å². The van der Waals surface area contributed by atoms with Crippen LogP contribution in [0.5, 0.6) is 0 Å². The van der Waals surface area contributed by atoms with Gasteiger partial charge in [0.2, 0.25) is 5.89 Å². The number of aromatic nitrogens is 6. The standard InChI is InChI=1S/C42H24N6O2/c1-3-9-26(10-4-1)39-46-40(27-11-5-2-6-12-27)48-41(47-39)31-22-24-43-36-29(21-23-44-37(31)36)25-15-17-28(18-16-25)42-45-38-34(50-42)20-19-33-35(38)30-13-7-8-14-32(30)49-33/h1-24H. The Balaban J connectivity index is 1.06. The maximum atomic E-state index is 6.25. The summed E-state index contributed by atoms with van der Waals surface area (Å²) in [4.78, 5) is 29.2. The second kappa shape index (κ2) is 11.3. The van der Waals surface area contributed by atoms with E-state index in [1.54, 1.807) is 12.4 Å². The molecule has 0 unspecified atom stereocenters. The van der Waals surface area contributed by atoms with Crippen molar-refractivity contribution in [3.05, 3.63) is 146 Å². The molecule has 50 heavy (non-hydrogen) atoms. The summed E-state index contributed by atoms with van der Waals surface area (Å²) >= 11 is 0. The minimum atomic E-state index is 0.528. The average molecular weight is 645 g/mol. The van der Waals surface area contributed by atoms with Gasteiger partial charge in [-0.05, 0) is 48.0 Å². The highest BCUT2D eigenvalue weighted by atomic mass is 16.4. The fourth-order valence-electron chi connectivity index (χ4n) is 6.51. The van der Waals surface area contributed by atoms with Gasteiger partial charge >= 0.3 is 0 Å². The predicted octanol–water partition coefficient (Wildman–Crippen LogP) is 10.2. The number of fused-ring (bicyclic) bond motifs is 6. The summed E-state index contributed by atoms with van der Waals surface area (Å²) < 4.78 is 12.3. The Morgan fingerprint density at radius 1 is 0.360 bits per heavy atom. The molecule has 5 aromatic carbocycles. The molecule has 0 radical (unpaired) electrons. The second-order valence-electron chi connectivity index (χ2n) is 11.9. The molecular formula is C42H24N6O2. The van der Waals surface area contributed by atoms with Gasteiger partial charge < -0.3 is 8.83 Å². The third kappa shape index (κ3) is 4.62. The Morgan fingerprint density at radius 3 is 1.66 bits per heavy atom. The molecule has 8 nitrogen and oxygen atoms in total. The first-order valence-corrected chi connectivity index (χ1v) is 16.2. The molecule has 0 amide bonds. The quantitative estimate of drug-likeness (QED) is 0.182. The van der Waals surface area contributed by atoms with Gasteiger partial charge in [0.25, 0.3) is 0 Å². The fourth-order valence-corrected chi connectivity index (χ4v) is 6.51. The maximum absolute atomic E-state index is 6.25. The number of pyridine rings is 2. The molecule has 10 rings (SSSR count). The maximum Gasteiger partial charge on any atom is 0.227 e. The third-order valence-electron chi connectivity index (χ3n) is 8.91. The number of benzene rings is 5. The van der Waals surface area contributed by atoms with E-state index in [0.29, 0.717) is 34.5 Å². The van der Waals surface area contributed by atoms with Gasteiger partial charge in [-0.3, -0.25) is 9.97 Å². The molecule has 0 atom stereocenters. The van der Waals surface area contributed by atoms with E-state index in [0.717, 1.165) is 66.4 Å². The summed E-state index contributed by atoms with van der Waals surface area (Å²) in [6.45, 7) is 0. The Bertz CT molecular complexity index is 2810. The lowest BCUT2D eigenvalue weighted by atomic mass is 10.0. The van der Waals surface area contributed by atoms with Crippen LogP contribution in [0.2, 0.25) is 0 Å². The van der Waals surface area contributed by atoms with E-state index in [-0.39, 0.29) is 0 Å². The van der Waals surface area contributed by atoms with Crippen LogP contribution in [0.3, 0.4) is 0 Å². The molecule has 5 aromatic heterocycles. The highest BCUT2D eigenvalue weighted by Crippen LogP contribution is 2.37. The van der Waals surface area contributed by atoms with E-state index >= 15 is 0 Å². The largest absolute Gasteiger partial charge is 0.456 e. The molecule has 0 aliphatic carbocycles. The second-order valence-corrected chi connectivity index (χ2v) is 11.9. The summed E-state index contributed by atoms with van der Waals surface area (Å²) in [5.74, 6) is 2.25. The van der Waals surface area contributed by atoms with E-state index in [2.05, 4.69) is 12.1 Å². The molecule has 0 aliphatic heterocycles. The van der Waals surface area contributed by atoms with E-state index < -0.39 is 0 Å². The molecule has 234 valence electrons. The highest BCUT2D eigenvalue weighted by Gasteiger charge is 2.19. The van der Waals surface area contributed by atoms with Crippen molar-refractivity contribution < 1.29 is 8.83 Å². The number of hydrogen-bond donors (Lipinski definition) is 0. The molecule has 0 fully saturated rings. The van der Waals surface area contributed by atoms with Crippen LogP contribution in [-0.4, -0.2) is 29.9 Å². The van der Waals surface area contributed by atoms with Crippen molar-refractivity contribution in [2.24, 2.45) is 0 Å². The minimum absolute atomic E-state index is 0.528. The zero-order valence-corrected chi connectivity index (χ0v) is 26.4. The van der Waals surface area contributed by atoms with Crippen molar-refractivity contribution in [3.8, 4) is 56.7 Å². The summed E-state index contributed by atoms with van der Waals surface area (Å²) in [5, 5.41) is 1.98. The lowest BCUT2D eigenvalue weighted by Gasteiger charge is -2.11. The van der Waals surface area contributed by atoms with Gasteiger partial charge in [-0.15, -0.1) is 0 Å². The highest BCUT2D eigenvalue weighted by molar-refractivity contribution is 6.16. The number of para-hydroxylation sites is 1. The van der Waals surface area contributed by atoms with Crippen molar-refractivity contribution in [1.82, 2.24) is 29.9 Å². The van der Waals surface area contributed by atoms with Crippen LogP contribution >= 0.6 is 0 Å². The summed E-state index contributed by atoms with van der Waals surface area (Å²) in [5.41, 5.74) is 9.93. The van der Waals surface area contributed by atoms with Crippen molar-refractivity contribution >= 4 is 44.1 Å². The molecule has 8 heteroatoms. The van der Waals surface area contributed by atoms with Crippen molar-refractivity contribution in [3.63, 3.8) is 0 Å². The van der Waals surface area contributed by atoms with Gasteiger partial charge in [0.15, 0.2) is 23.1 Å². The first-order valence-electron chi connectivity index (χ1n) is 16.2. The van der Waals surface area contributed by atoms with Crippen LogP contribution < -0.4 is 0 Å². The molecule has 0 aliphatic rings. The van der Waals surface area contributed by atoms with Gasteiger partial charge in [0.05, 0.1) is 10.9 Å². The SMILES string of the molecule is c1ccc(-c2nc(-c3ccccc3)nc(-c3ccnc4c(-c5ccc(-c6nc7c(ccc8oc9ccccc9c87)o6)cc5)ccnc34)n2)cc1. The molecule has 5 heterocycles. The van der Waals surface area contributed by atoms with E-state index in [9.17, 15) is 0 Å².